The fourth-order valence-corrected chi connectivity index (χ4v) is 3.03. The number of amides is 1. The lowest BCUT2D eigenvalue weighted by Crippen LogP contribution is -2.16. The molecule has 1 amide bonds. The van der Waals surface area contributed by atoms with Crippen molar-refractivity contribution >= 4 is 5.91 Å². The van der Waals surface area contributed by atoms with Gasteiger partial charge in [0.1, 0.15) is 0 Å². The summed E-state index contributed by atoms with van der Waals surface area (Å²) >= 11 is 0. The van der Waals surface area contributed by atoms with Crippen molar-refractivity contribution in [2.45, 2.75) is 39.5 Å². The van der Waals surface area contributed by atoms with Crippen LogP contribution in [0.1, 0.15) is 37.3 Å². The molecule has 0 N–H and O–H groups in total. The third kappa shape index (κ3) is 6.14. The molecule has 5 nitrogen and oxygen atoms in total. The molecule has 5 heteroatoms. The molecule has 0 aliphatic carbocycles. The highest BCUT2D eigenvalue weighted by Crippen LogP contribution is 2.15. The number of carbonyl (C=O) groups excluding carboxylic acids is 1. The second kappa shape index (κ2) is 10.4. The van der Waals surface area contributed by atoms with E-state index >= 15 is 0 Å². The summed E-state index contributed by atoms with van der Waals surface area (Å²) in [4.78, 5) is 16.6. The lowest BCUT2D eigenvalue weighted by Gasteiger charge is -2.13. The van der Waals surface area contributed by atoms with Crippen molar-refractivity contribution in [1.82, 2.24) is 9.78 Å². The SMILES string of the molecule is CCCCCOc1c/c(=N/C(=O)Cc2cccc(C)c2)cnn1-c1ccccc1. The lowest BCUT2D eigenvalue weighted by molar-refractivity contribution is -0.117. The molecule has 0 aliphatic rings. The van der Waals surface area contributed by atoms with Gasteiger partial charge in [0, 0.05) is 6.07 Å². The maximum atomic E-state index is 12.4. The summed E-state index contributed by atoms with van der Waals surface area (Å²) in [5.41, 5.74) is 2.98. The van der Waals surface area contributed by atoms with Crippen LogP contribution in [0.3, 0.4) is 0 Å². The lowest BCUT2D eigenvalue weighted by atomic mass is 10.1. The maximum absolute atomic E-state index is 12.4. The van der Waals surface area contributed by atoms with Crippen LogP contribution >= 0.6 is 0 Å². The Morgan fingerprint density at radius 2 is 1.90 bits per heavy atom. The van der Waals surface area contributed by atoms with Crippen LogP contribution in [-0.2, 0) is 11.2 Å². The third-order valence-electron chi connectivity index (χ3n) is 4.48. The number of benzene rings is 2. The predicted molar refractivity (Wildman–Crippen MR) is 114 cm³/mol. The molecule has 0 radical (unpaired) electrons. The van der Waals surface area contributed by atoms with E-state index in [-0.39, 0.29) is 12.3 Å². The number of ether oxygens (including phenoxy) is 1. The normalized spacial score (nSPS) is 11.4. The molecular weight excluding hydrogens is 362 g/mol. The third-order valence-corrected chi connectivity index (χ3v) is 4.48. The Balaban J connectivity index is 1.84. The summed E-state index contributed by atoms with van der Waals surface area (Å²) in [6, 6.07) is 19.5. The number of aromatic nitrogens is 2. The van der Waals surface area contributed by atoms with E-state index in [1.54, 1.807) is 16.9 Å². The van der Waals surface area contributed by atoms with Gasteiger partial charge in [-0.3, -0.25) is 4.79 Å². The number of carbonyl (C=O) groups is 1. The van der Waals surface area contributed by atoms with Gasteiger partial charge in [0.25, 0.3) is 5.91 Å². The van der Waals surface area contributed by atoms with E-state index in [0.29, 0.717) is 17.8 Å². The zero-order valence-corrected chi connectivity index (χ0v) is 17.0. The number of nitrogens with zero attached hydrogens (tertiary/aromatic N) is 3. The van der Waals surface area contributed by atoms with E-state index in [9.17, 15) is 4.79 Å². The Bertz CT molecular complexity index is 1010. The number of hydrogen-bond acceptors (Lipinski definition) is 3. The van der Waals surface area contributed by atoms with Gasteiger partial charge >= 0.3 is 0 Å². The first-order valence-corrected chi connectivity index (χ1v) is 10.1. The Morgan fingerprint density at radius 1 is 1.07 bits per heavy atom. The van der Waals surface area contributed by atoms with Gasteiger partial charge in [-0.2, -0.15) is 5.10 Å². The Morgan fingerprint density at radius 3 is 2.66 bits per heavy atom. The van der Waals surface area contributed by atoms with Crippen molar-refractivity contribution in [2.24, 2.45) is 4.99 Å². The molecule has 0 saturated heterocycles. The fraction of sp³-hybridized carbons (Fsp3) is 0.292. The van der Waals surface area contributed by atoms with Crippen LogP contribution in [0.4, 0.5) is 0 Å². The first-order chi connectivity index (χ1) is 14.2. The average molecular weight is 389 g/mol. The fourth-order valence-electron chi connectivity index (χ4n) is 3.03. The monoisotopic (exact) mass is 389 g/mol. The second-order valence-electron chi connectivity index (χ2n) is 7.03. The van der Waals surface area contributed by atoms with Gasteiger partial charge < -0.3 is 4.74 Å². The number of hydrogen-bond donors (Lipinski definition) is 0. The molecule has 150 valence electrons. The standard InChI is InChI=1S/C24H27N3O2/c1-3-4-8-14-29-24-17-21(18-25-27(24)22-12-6-5-7-13-22)26-23(28)16-20-11-9-10-19(2)15-20/h5-7,9-13,15,17-18H,3-4,8,14,16H2,1-2H3/b26-21-. The predicted octanol–water partition coefficient (Wildman–Crippen LogP) is 4.42. The van der Waals surface area contributed by atoms with Gasteiger partial charge in [0.15, 0.2) is 0 Å². The van der Waals surface area contributed by atoms with Gasteiger partial charge in [-0.25, -0.2) is 9.67 Å². The van der Waals surface area contributed by atoms with Crippen LogP contribution in [0.2, 0.25) is 0 Å². The van der Waals surface area contributed by atoms with Gasteiger partial charge in [-0.05, 0) is 31.0 Å². The molecule has 0 atom stereocenters. The molecule has 0 saturated carbocycles. The summed E-state index contributed by atoms with van der Waals surface area (Å²) < 4.78 is 7.71. The minimum Gasteiger partial charge on any atom is -0.478 e. The smallest absolute Gasteiger partial charge is 0.250 e. The van der Waals surface area contributed by atoms with Crippen molar-refractivity contribution in [2.75, 3.05) is 6.61 Å². The van der Waals surface area contributed by atoms with E-state index < -0.39 is 0 Å². The molecule has 1 heterocycles. The van der Waals surface area contributed by atoms with Crippen molar-refractivity contribution < 1.29 is 9.53 Å². The van der Waals surface area contributed by atoms with Gasteiger partial charge in [0.2, 0.25) is 5.88 Å². The Hall–Kier alpha value is -3.21. The van der Waals surface area contributed by atoms with Crippen molar-refractivity contribution in [3.63, 3.8) is 0 Å². The molecule has 0 bridgehead atoms. The van der Waals surface area contributed by atoms with Crippen LogP contribution < -0.4 is 10.1 Å². The van der Waals surface area contributed by atoms with E-state index in [1.165, 1.54) is 0 Å². The van der Waals surface area contributed by atoms with Crippen LogP contribution in [0.15, 0.2) is 71.9 Å². The summed E-state index contributed by atoms with van der Waals surface area (Å²) in [6.07, 6.45) is 5.07. The summed E-state index contributed by atoms with van der Waals surface area (Å²) in [7, 11) is 0. The van der Waals surface area contributed by atoms with Crippen LogP contribution in [0.5, 0.6) is 5.88 Å². The van der Waals surface area contributed by atoms with Gasteiger partial charge in [-0.1, -0.05) is 67.8 Å². The van der Waals surface area contributed by atoms with E-state index in [2.05, 4.69) is 17.0 Å². The van der Waals surface area contributed by atoms with Crippen molar-refractivity contribution in [1.29, 1.82) is 0 Å². The highest BCUT2D eigenvalue weighted by atomic mass is 16.5. The molecule has 29 heavy (non-hydrogen) atoms. The zero-order valence-electron chi connectivity index (χ0n) is 17.0. The quantitative estimate of drug-likeness (QED) is 0.536. The summed E-state index contributed by atoms with van der Waals surface area (Å²) in [5, 5.41) is 4.97. The van der Waals surface area contributed by atoms with Crippen molar-refractivity contribution in [3.8, 4) is 11.6 Å². The molecule has 3 rings (SSSR count). The Kier molecular flexibility index (Phi) is 7.34. The van der Waals surface area contributed by atoms with Crippen LogP contribution in [0, 0.1) is 6.92 Å². The molecule has 0 aliphatic heterocycles. The zero-order chi connectivity index (χ0) is 20.5. The summed E-state index contributed by atoms with van der Waals surface area (Å²) in [6.45, 7) is 4.77. The molecule has 0 unspecified atom stereocenters. The van der Waals surface area contributed by atoms with E-state index in [1.807, 2.05) is 61.5 Å². The molecular formula is C24H27N3O2. The minimum atomic E-state index is -0.202. The average Bonchev–Trinajstić information content (AvgIpc) is 2.72. The highest BCUT2D eigenvalue weighted by molar-refractivity contribution is 5.79. The van der Waals surface area contributed by atoms with Gasteiger partial charge in [-0.15, -0.1) is 0 Å². The molecule has 0 fully saturated rings. The van der Waals surface area contributed by atoms with E-state index in [0.717, 1.165) is 36.1 Å². The first kappa shape index (κ1) is 20.5. The summed E-state index contributed by atoms with van der Waals surface area (Å²) in [5.74, 6) is 0.378. The maximum Gasteiger partial charge on any atom is 0.250 e. The number of para-hydroxylation sites is 1. The molecule has 3 aromatic rings. The first-order valence-electron chi connectivity index (χ1n) is 10.1. The number of aryl methyl sites for hydroxylation is 1. The number of rotatable bonds is 8. The molecule has 2 aromatic carbocycles. The second-order valence-corrected chi connectivity index (χ2v) is 7.03. The molecule has 1 aromatic heterocycles. The van der Waals surface area contributed by atoms with Crippen molar-refractivity contribution in [3.05, 3.63) is 83.3 Å². The largest absolute Gasteiger partial charge is 0.478 e. The van der Waals surface area contributed by atoms with Crippen LogP contribution in [-0.4, -0.2) is 22.3 Å². The van der Waals surface area contributed by atoms with Gasteiger partial charge in [0.05, 0.1) is 30.3 Å². The van der Waals surface area contributed by atoms with E-state index in [4.69, 9.17) is 4.74 Å². The highest BCUT2D eigenvalue weighted by Gasteiger charge is 2.07. The molecule has 0 spiro atoms. The topological polar surface area (TPSA) is 56.5 Å². The Labute approximate surface area is 171 Å². The van der Waals surface area contributed by atoms with Crippen LogP contribution in [0.25, 0.3) is 5.69 Å². The number of unbranched alkanes of at least 4 members (excludes halogenated alkanes) is 2. The minimum absolute atomic E-state index is 0.202.